The largest absolute Gasteiger partial charge is 0.497 e. The summed E-state index contributed by atoms with van der Waals surface area (Å²) in [4.78, 5) is 41.6. The monoisotopic (exact) mass is 416 g/mol. The van der Waals surface area contributed by atoms with Crippen molar-refractivity contribution in [1.29, 1.82) is 0 Å². The molecule has 0 amide bonds. The van der Waals surface area contributed by atoms with Gasteiger partial charge in [-0.1, -0.05) is 6.92 Å². The number of nitrogens with one attached hydrogen (secondary N) is 1. The number of likely N-dealkylation sites (tertiary alicyclic amines) is 1. The van der Waals surface area contributed by atoms with Gasteiger partial charge in [-0.2, -0.15) is 0 Å². The van der Waals surface area contributed by atoms with Gasteiger partial charge in [-0.25, -0.2) is 4.79 Å². The minimum Gasteiger partial charge on any atom is -0.497 e. The van der Waals surface area contributed by atoms with Crippen molar-refractivity contribution in [1.82, 2.24) is 14.5 Å². The van der Waals surface area contributed by atoms with Crippen LogP contribution in [0.2, 0.25) is 0 Å². The lowest BCUT2D eigenvalue weighted by Gasteiger charge is -2.26. The molecule has 162 valence electrons. The van der Waals surface area contributed by atoms with Crippen LogP contribution in [0.1, 0.15) is 48.1 Å². The second kappa shape index (κ2) is 9.17. The number of hydrogen-bond acceptors (Lipinski definition) is 7. The average Bonchev–Trinajstić information content (AvgIpc) is 3.18. The average molecular weight is 416 g/mol. The molecule has 0 bridgehead atoms. The van der Waals surface area contributed by atoms with E-state index in [0.29, 0.717) is 31.0 Å². The van der Waals surface area contributed by atoms with E-state index in [2.05, 4.69) is 4.98 Å². The Labute approximate surface area is 174 Å². The molecule has 1 atom stereocenters. The molecular weight excluding hydrogens is 388 g/mol. The maximum atomic E-state index is 13.1. The highest BCUT2D eigenvalue weighted by Gasteiger charge is 2.31. The molecule has 9 heteroatoms. The number of aromatic nitrogens is 2. The molecular formula is C21H28N4O5. The minimum atomic E-state index is -0.746. The highest BCUT2D eigenvalue weighted by molar-refractivity contribution is 6.01. The number of methoxy groups -OCH3 is 2. The van der Waals surface area contributed by atoms with Crippen LogP contribution in [0.15, 0.2) is 27.8 Å². The lowest BCUT2D eigenvalue weighted by Crippen LogP contribution is -2.39. The number of anilines is 1. The van der Waals surface area contributed by atoms with Gasteiger partial charge in [0.15, 0.2) is 5.78 Å². The van der Waals surface area contributed by atoms with Crippen LogP contribution in [0, 0.1) is 0 Å². The fourth-order valence-corrected chi connectivity index (χ4v) is 4.03. The first-order chi connectivity index (χ1) is 14.4. The number of benzene rings is 1. The quantitative estimate of drug-likeness (QED) is 0.627. The van der Waals surface area contributed by atoms with E-state index in [4.69, 9.17) is 15.2 Å². The maximum absolute atomic E-state index is 13.1. The third-order valence-electron chi connectivity index (χ3n) is 5.47. The molecule has 1 aromatic carbocycles. The van der Waals surface area contributed by atoms with Crippen molar-refractivity contribution in [2.45, 2.75) is 38.8 Å². The molecule has 0 saturated carbocycles. The van der Waals surface area contributed by atoms with E-state index in [1.807, 2.05) is 30.0 Å². The molecule has 1 aliphatic heterocycles. The molecule has 30 heavy (non-hydrogen) atoms. The molecule has 0 spiro atoms. The predicted octanol–water partition coefficient (Wildman–Crippen LogP) is 1.57. The first-order valence-corrected chi connectivity index (χ1v) is 10.0. The van der Waals surface area contributed by atoms with Crippen LogP contribution in [0.5, 0.6) is 11.5 Å². The van der Waals surface area contributed by atoms with Crippen molar-refractivity contribution in [2.24, 2.45) is 0 Å². The zero-order chi connectivity index (χ0) is 21.8. The van der Waals surface area contributed by atoms with Crippen LogP contribution in [0.4, 0.5) is 5.82 Å². The molecule has 9 nitrogen and oxygen atoms in total. The predicted molar refractivity (Wildman–Crippen MR) is 113 cm³/mol. The zero-order valence-electron chi connectivity index (χ0n) is 17.6. The van der Waals surface area contributed by atoms with Crippen LogP contribution in [0.25, 0.3) is 0 Å². The topological polar surface area (TPSA) is 120 Å². The summed E-state index contributed by atoms with van der Waals surface area (Å²) in [6.45, 7) is 2.93. The molecule has 2 aromatic rings. The Bertz CT molecular complexity index is 1040. The lowest BCUT2D eigenvalue weighted by molar-refractivity contribution is 0.0919. The first kappa shape index (κ1) is 21.6. The molecule has 1 unspecified atom stereocenters. The Kier molecular flexibility index (Phi) is 6.61. The van der Waals surface area contributed by atoms with E-state index >= 15 is 0 Å². The van der Waals surface area contributed by atoms with Gasteiger partial charge in [0.05, 0.1) is 20.8 Å². The summed E-state index contributed by atoms with van der Waals surface area (Å²) < 4.78 is 12.1. The minimum absolute atomic E-state index is 0.0165. The van der Waals surface area contributed by atoms with Gasteiger partial charge in [0.1, 0.15) is 22.9 Å². The number of rotatable bonds is 8. The Morgan fingerprint density at radius 1 is 1.27 bits per heavy atom. The molecule has 3 rings (SSSR count). The van der Waals surface area contributed by atoms with Crippen molar-refractivity contribution in [3.05, 3.63) is 50.2 Å². The van der Waals surface area contributed by atoms with Crippen molar-refractivity contribution in [3.63, 3.8) is 0 Å². The molecule has 1 aromatic heterocycles. The van der Waals surface area contributed by atoms with Gasteiger partial charge < -0.3 is 15.2 Å². The maximum Gasteiger partial charge on any atom is 0.329 e. The van der Waals surface area contributed by atoms with Crippen LogP contribution >= 0.6 is 0 Å². The van der Waals surface area contributed by atoms with Crippen LogP contribution in [-0.2, 0) is 6.54 Å². The summed E-state index contributed by atoms with van der Waals surface area (Å²) in [6.07, 6.45) is 2.39. The van der Waals surface area contributed by atoms with Crippen molar-refractivity contribution in [3.8, 4) is 11.5 Å². The number of aromatic amines is 1. The Hall–Kier alpha value is -3.07. The third kappa shape index (κ3) is 4.11. The van der Waals surface area contributed by atoms with Crippen molar-refractivity contribution in [2.75, 3.05) is 33.0 Å². The summed E-state index contributed by atoms with van der Waals surface area (Å²) in [5, 5.41) is 0. The molecule has 1 fully saturated rings. The number of ketones is 1. The number of ether oxygens (including phenoxy) is 2. The second-order valence-corrected chi connectivity index (χ2v) is 7.33. The summed E-state index contributed by atoms with van der Waals surface area (Å²) in [7, 11) is 3.20. The zero-order valence-corrected chi connectivity index (χ0v) is 17.6. The van der Waals surface area contributed by atoms with Crippen LogP contribution in [0.3, 0.4) is 0 Å². The molecule has 3 N–H and O–H groups in total. The van der Waals surface area contributed by atoms with Crippen molar-refractivity contribution < 1.29 is 14.3 Å². The van der Waals surface area contributed by atoms with E-state index in [1.54, 1.807) is 14.2 Å². The summed E-state index contributed by atoms with van der Waals surface area (Å²) in [6, 6.07) is 5.52. The second-order valence-electron chi connectivity index (χ2n) is 7.33. The fraction of sp³-hybridized carbons (Fsp3) is 0.476. The molecule has 2 heterocycles. The van der Waals surface area contributed by atoms with Crippen molar-refractivity contribution >= 4 is 11.6 Å². The molecule has 0 aliphatic carbocycles. The lowest BCUT2D eigenvalue weighted by atomic mass is 10.0. The molecule has 1 aliphatic rings. The van der Waals surface area contributed by atoms with Gasteiger partial charge in [0, 0.05) is 18.2 Å². The Balaban J connectivity index is 1.92. The fourth-order valence-electron chi connectivity index (χ4n) is 4.03. The highest BCUT2D eigenvalue weighted by Crippen LogP contribution is 2.38. The number of nitrogens with zero attached hydrogens (tertiary/aromatic N) is 2. The van der Waals surface area contributed by atoms with Gasteiger partial charge in [-0.05, 0) is 44.0 Å². The smallest absolute Gasteiger partial charge is 0.329 e. The number of carbonyl (C=O) groups excluding carboxylic acids is 1. The Morgan fingerprint density at radius 3 is 2.70 bits per heavy atom. The number of Topliss-reactive ketones (excluding diaryl/α,β-unsaturated/α-hetero) is 1. The third-order valence-corrected chi connectivity index (χ3v) is 5.47. The van der Waals surface area contributed by atoms with E-state index < -0.39 is 17.0 Å². The van der Waals surface area contributed by atoms with E-state index in [0.717, 1.165) is 18.4 Å². The number of hydrogen-bond donors (Lipinski definition) is 2. The molecule has 0 radical (unpaired) electrons. The van der Waals surface area contributed by atoms with Gasteiger partial charge in [-0.3, -0.25) is 24.0 Å². The standard InChI is InChI=1S/C21H28N4O5/c1-4-9-25-19(22)18(20(27)23-21(25)28)16(26)12-24-10-5-6-15(24)14-11-13(29-2)7-8-17(14)30-3/h7-8,11,15H,4-6,9-10,12,22H2,1-3H3,(H,23,27,28). The summed E-state index contributed by atoms with van der Waals surface area (Å²) in [5.41, 5.74) is 5.47. The SMILES string of the molecule is CCCn1c(N)c(C(=O)CN2CCCC2c2cc(OC)ccc2OC)c(=O)[nH]c1=O. The van der Waals surface area contributed by atoms with E-state index in [9.17, 15) is 14.4 Å². The number of H-pyrrole nitrogens is 1. The van der Waals surface area contributed by atoms with Gasteiger partial charge >= 0.3 is 5.69 Å². The van der Waals surface area contributed by atoms with Gasteiger partial charge in [0.2, 0.25) is 0 Å². The first-order valence-electron chi connectivity index (χ1n) is 10.0. The number of nitrogens with two attached hydrogens (primary N) is 1. The number of carbonyl (C=O) groups is 1. The number of nitrogen functional groups attached to an aromatic ring is 1. The highest BCUT2D eigenvalue weighted by atomic mass is 16.5. The summed E-state index contributed by atoms with van der Waals surface area (Å²) in [5.74, 6) is 0.933. The van der Waals surface area contributed by atoms with E-state index in [1.165, 1.54) is 4.57 Å². The molecule has 1 saturated heterocycles. The normalized spacial score (nSPS) is 16.6. The Morgan fingerprint density at radius 2 is 2.03 bits per heavy atom. The van der Waals surface area contributed by atoms with Gasteiger partial charge in [0.25, 0.3) is 5.56 Å². The summed E-state index contributed by atoms with van der Waals surface area (Å²) >= 11 is 0. The van der Waals surface area contributed by atoms with Crippen LogP contribution in [-0.4, -0.2) is 47.5 Å². The van der Waals surface area contributed by atoms with E-state index in [-0.39, 0.29) is 24.0 Å². The van der Waals surface area contributed by atoms with Crippen LogP contribution < -0.4 is 26.5 Å². The van der Waals surface area contributed by atoms with Gasteiger partial charge in [-0.15, -0.1) is 0 Å².